The number of para-hydroxylation sites is 1. The van der Waals surface area contributed by atoms with E-state index in [4.69, 9.17) is 21.1 Å². The van der Waals surface area contributed by atoms with Gasteiger partial charge in [0.15, 0.2) is 11.5 Å². The van der Waals surface area contributed by atoms with Crippen molar-refractivity contribution in [3.63, 3.8) is 0 Å². The highest BCUT2D eigenvalue weighted by Gasteiger charge is 2.23. The first-order chi connectivity index (χ1) is 15.7. The highest BCUT2D eigenvalue weighted by atomic mass is 35.5. The van der Waals surface area contributed by atoms with Gasteiger partial charge in [-0.2, -0.15) is 0 Å². The molecule has 0 saturated heterocycles. The van der Waals surface area contributed by atoms with Crippen molar-refractivity contribution in [1.82, 2.24) is 0 Å². The molecule has 1 aliphatic heterocycles. The largest absolute Gasteiger partial charge is 0.486 e. The van der Waals surface area contributed by atoms with Gasteiger partial charge in [0.05, 0.1) is 21.1 Å². The molecule has 0 unspecified atom stereocenters. The van der Waals surface area contributed by atoms with Crippen molar-refractivity contribution in [1.29, 1.82) is 0 Å². The van der Waals surface area contributed by atoms with Crippen molar-refractivity contribution in [2.75, 3.05) is 23.3 Å². The number of carbonyl (C=O) groups excluding carboxylic acids is 1. The number of halogens is 1. The molecule has 3 aromatic carbocycles. The lowest BCUT2D eigenvalue weighted by molar-refractivity contribution is -0.384. The Morgan fingerprint density at radius 3 is 2.48 bits per heavy atom. The van der Waals surface area contributed by atoms with Crippen molar-refractivity contribution >= 4 is 44.6 Å². The Hall–Kier alpha value is -3.83. The number of carbonyl (C=O) groups is 1. The van der Waals surface area contributed by atoms with Crippen molar-refractivity contribution in [3.8, 4) is 11.5 Å². The van der Waals surface area contributed by atoms with Gasteiger partial charge in [-0.25, -0.2) is 8.42 Å². The zero-order valence-corrected chi connectivity index (χ0v) is 18.4. The van der Waals surface area contributed by atoms with E-state index in [0.29, 0.717) is 30.4 Å². The van der Waals surface area contributed by atoms with Crippen molar-refractivity contribution in [2.45, 2.75) is 4.90 Å². The number of rotatable bonds is 6. The number of nitro groups is 1. The average molecular weight is 490 g/mol. The molecule has 0 atom stereocenters. The van der Waals surface area contributed by atoms with Gasteiger partial charge in [-0.15, -0.1) is 0 Å². The first-order valence-corrected chi connectivity index (χ1v) is 11.4. The van der Waals surface area contributed by atoms with Crippen LogP contribution in [0.2, 0.25) is 5.02 Å². The zero-order chi connectivity index (χ0) is 23.6. The third-order valence-electron chi connectivity index (χ3n) is 4.64. The van der Waals surface area contributed by atoms with Crippen LogP contribution in [0.5, 0.6) is 11.5 Å². The number of hydrogen-bond donors (Lipinski definition) is 2. The van der Waals surface area contributed by atoms with Crippen molar-refractivity contribution in [2.24, 2.45) is 0 Å². The minimum Gasteiger partial charge on any atom is -0.486 e. The van der Waals surface area contributed by atoms with Gasteiger partial charge in [0.25, 0.3) is 21.6 Å². The first-order valence-electron chi connectivity index (χ1n) is 9.51. The molecule has 0 saturated carbocycles. The number of amides is 1. The number of hydrogen-bond acceptors (Lipinski definition) is 7. The minimum atomic E-state index is -4.26. The number of ether oxygens (including phenoxy) is 2. The van der Waals surface area contributed by atoms with Crippen LogP contribution in [0.3, 0.4) is 0 Å². The molecule has 0 bridgehead atoms. The van der Waals surface area contributed by atoms with Crippen LogP contribution in [0.25, 0.3) is 0 Å². The second kappa shape index (κ2) is 8.96. The van der Waals surface area contributed by atoms with Gasteiger partial charge in [0.2, 0.25) is 0 Å². The van der Waals surface area contributed by atoms with Crippen LogP contribution in [0.15, 0.2) is 65.6 Å². The molecule has 33 heavy (non-hydrogen) atoms. The summed E-state index contributed by atoms with van der Waals surface area (Å²) in [7, 11) is -4.26. The first kappa shape index (κ1) is 22.4. The van der Waals surface area contributed by atoms with E-state index in [2.05, 4.69) is 10.0 Å². The van der Waals surface area contributed by atoms with E-state index in [9.17, 15) is 23.3 Å². The van der Waals surface area contributed by atoms with Crippen LogP contribution in [0, 0.1) is 10.1 Å². The topological polar surface area (TPSA) is 137 Å². The SMILES string of the molecule is O=C(Nc1ccc2c(c1)OCCO2)c1ccccc1NS(=O)(=O)c1ccc(Cl)c([N+](=O)[O-])c1. The lowest BCUT2D eigenvalue weighted by Gasteiger charge is -2.19. The number of sulfonamides is 1. The number of anilines is 2. The summed E-state index contributed by atoms with van der Waals surface area (Å²) in [5, 5.41) is 13.6. The van der Waals surface area contributed by atoms with Gasteiger partial charge in [0.1, 0.15) is 18.2 Å². The third-order valence-corrected chi connectivity index (χ3v) is 6.32. The molecule has 0 spiro atoms. The molecule has 2 N–H and O–H groups in total. The molecule has 3 aromatic rings. The van der Waals surface area contributed by atoms with Crippen LogP contribution in [0.1, 0.15) is 10.4 Å². The molecule has 10 nitrogen and oxygen atoms in total. The van der Waals surface area contributed by atoms with Crippen molar-refractivity contribution in [3.05, 3.63) is 81.4 Å². The van der Waals surface area contributed by atoms with Crippen LogP contribution in [0.4, 0.5) is 17.1 Å². The number of benzene rings is 3. The summed E-state index contributed by atoms with van der Waals surface area (Å²) in [6.45, 7) is 0.820. The van der Waals surface area contributed by atoms with E-state index in [1.807, 2.05) is 0 Å². The second-order valence-corrected chi connectivity index (χ2v) is 8.92. The summed E-state index contributed by atoms with van der Waals surface area (Å²) >= 11 is 5.76. The van der Waals surface area contributed by atoms with E-state index < -0.39 is 26.5 Å². The van der Waals surface area contributed by atoms with Gasteiger partial charge in [-0.1, -0.05) is 23.7 Å². The Morgan fingerprint density at radius 2 is 1.73 bits per heavy atom. The van der Waals surface area contributed by atoms with Gasteiger partial charge in [-0.05, 0) is 36.4 Å². The molecule has 0 aromatic heterocycles. The minimum absolute atomic E-state index is 0.00912. The molecule has 0 aliphatic carbocycles. The maximum atomic E-state index is 12.9. The number of fused-ring (bicyclic) bond motifs is 1. The molecule has 4 rings (SSSR count). The lowest BCUT2D eigenvalue weighted by Crippen LogP contribution is -2.19. The van der Waals surface area contributed by atoms with Crippen molar-refractivity contribution < 1.29 is 27.6 Å². The predicted molar refractivity (Wildman–Crippen MR) is 121 cm³/mol. The van der Waals surface area contributed by atoms with Gasteiger partial charge < -0.3 is 14.8 Å². The Kier molecular flexibility index (Phi) is 6.07. The van der Waals surface area contributed by atoms with E-state index in [1.165, 1.54) is 12.1 Å². The quantitative estimate of drug-likeness (QED) is 0.393. The van der Waals surface area contributed by atoms with Crippen LogP contribution in [-0.4, -0.2) is 32.5 Å². The van der Waals surface area contributed by atoms with Gasteiger partial charge in [0, 0.05) is 17.8 Å². The molecule has 12 heteroatoms. The second-order valence-electron chi connectivity index (χ2n) is 6.83. The highest BCUT2D eigenvalue weighted by Crippen LogP contribution is 2.33. The number of nitrogens with zero attached hydrogens (tertiary/aromatic N) is 1. The van der Waals surface area contributed by atoms with Gasteiger partial charge >= 0.3 is 0 Å². The van der Waals surface area contributed by atoms with E-state index in [0.717, 1.165) is 18.2 Å². The predicted octanol–water partition coefficient (Wildman–Crippen LogP) is 4.07. The van der Waals surface area contributed by atoms with E-state index in [1.54, 1.807) is 30.3 Å². The third kappa shape index (κ3) is 4.83. The van der Waals surface area contributed by atoms with Crippen LogP contribution >= 0.6 is 11.6 Å². The summed E-state index contributed by atoms with van der Waals surface area (Å²) < 4.78 is 38.9. The van der Waals surface area contributed by atoms with E-state index in [-0.39, 0.29) is 21.2 Å². The van der Waals surface area contributed by atoms with E-state index >= 15 is 0 Å². The fraction of sp³-hybridized carbons (Fsp3) is 0.0952. The molecular formula is C21H16ClN3O7S. The molecule has 0 radical (unpaired) electrons. The van der Waals surface area contributed by atoms with Gasteiger partial charge in [-0.3, -0.25) is 19.6 Å². The zero-order valence-electron chi connectivity index (χ0n) is 16.8. The Balaban J connectivity index is 1.59. The summed E-state index contributed by atoms with van der Waals surface area (Å²) in [6, 6.07) is 14.0. The Morgan fingerprint density at radius 1 is 1.00 bits per heavy atom. The maximum Gasteiger partial charge on any atom is 0.289 e. The van der Waals surface area contributed by atoms with Crippen LogP contribution < -0.4 is 19.5 Å². The molecule has 1 amide bonds. The fourth-order valence-corrected chi connectivity index (χ4v) is 4.38. The molecule has 1 heterocycles. The molecule has 0 fully saturated rings. The fourth-order valence-electron chi connectivity index (χ4n) is 3.09. The summed E-state index contributed by atoms with van der Waals surface area (Å²) in [4.78, 5) is 22.8. The normalized spacial score (nSPS) is 12.6. The molecular weight excluding hydrogens is 474 g/mol. The Bertz CT molecular complexity index is 1360. The highest BCUT2D eigenvalue weighted by molar-refractivity contribution is 7.92. The average Bonchev–Trinajstić information content (AvgIpc) is 2.79. The maximum absolute atomic E-state index is 12.9. The standard InChI is InChI=1S/C21H16ClN3O7S/c22-16-7-6-14(12-18(16)25(27)28)33(29,30)24-17-4-2-1-3-15(17)21(26)23-13-5-8-19-20(11-13)32-10-9-31-19/h1-8,11-12,24H,9-10H2,(H,23,26). The molecule has 170 valence electrons. The lowest BCUT2D eigenvalue weighted by atomic mass is 10.1. The van der Waals surface area contributed by atoms with Crippen LogP contribution in [-0.2, 0) is 10.0 Å². The number of nitro benzene ring substituents is 1. The Labute approximate surface area is 193 Å². The molecule has 1 aliphatic rings. The monoisotopic (exact) mass is 489 g/mol. The smallest absolute Gasteiger partial charge is 0.289 e. The summed E-state index contributed by atoms with van der Waals surface area (Å²) in [5.74, 6) is 0.467. The number of nitrogens with one attached hydrogen (secondary N) is 2. The summed E-state index contributed by atoms with van der Waals surface area (Å²) in [5.41, 5.74) is -0.0935. The summed E-state index contributed by atoms with van der Waals surface area (Å²) in [6.07, 6.45) is 0.